The van der Waals surface area contributed by atoms with Gasteiger partial charge in [0.05, 0.1) is 24.1 Å². The minimum absolute atomic E-state index is 0.156. The van der Waals surface area contributed by atoms with Crippen LogP contribution in [0.1, 0.15) is 5.56 Å². The number of allylic oxidation sites excluding steroid dienone is 1. The molecule has 1 N–H and O–H groups in total. The van der Waals surface area contributed by atoms with Gasteiger partial charge in [-0.2, -0.15) is 0 Å². The van der Waals surface area contributed by atoms with Gasteiger partial charge in [0.1, 0.15) is 5.75 Å². The summed E-state index contributed by atoms with van der Waals surface area (Å²) in [5.41, 5.74) is 3.89. The monoisotopic (exact) mass is 477 g/mol. The third-order valence-corrected chi connectivity index (χ3v) is 6.53. The molecule has 4 aromatic rings. The molecule has 0 saturated heterocycles. The predicted octanol–water partition coefficient (Wildman–Crippen LogP) is 5.30. The fourth-order valence-electron chi connectivity index (χ4n) is 3.19. The van der Waals surface area contributed by atoms with Crippen molar-refractivity contribution in [1.82, 2.24) is 19.7 Å². The first-order valence-electron chi connectivity index (χ1n) is 10.2. The van der Waals surface area contributed by atoms with Crippen LogP contribution in [0.4, 0.5) is 5.13 Å². The smallest absolute Gasteiger partial charge is 0.236 e. The summed E-state index contributed by atoms with van der Waals surface area (Å²) in [4.78, 5) is 17.1. The Morgan fingerprint density at radius 1 is 1.21 bits per heavy atom. The number of rotatable bonds is 9. The van der Waals surface area contributed by atoms with E-state index in [1.54, 1.807) is 13.2 Å². The van der Waals surface area contributed by atoms with Crippen molar-refractivity contribution in [3.8, 4) is 28.4 Å². The second kappa shape index (κ2) is 10.5. The van der Waals surface area contributed by atoms with Gasteiger partial charge < -0.3 is 10.1 Å². The van der Waals surface area contributed by atoms with E-state index in [2.05, 4.69) is 27.1 Å². The second-order valence-corrected chi connectivity index (χ2v) is 8.95. The van der Waals surface area contributed by atoms with Crippen LogP contribution in [0.5, 0.6) is 5.75 Å². The number of para-hydroxylation sites is 1. The Kier molecular flexibility index (Phi) is 7.21. The molecule has 4 rings (SSSR count). The third-order valence-electron chi connectivity index (χ3n) is 4.81. The van der Waals surface area contributed by atoms with Crippen LogP contribution in [-0.4, -0.2) is 38.5 Å². The normalized spacial score (nSPS) is 10.7. The lowest BCUT2D eigenvalue weighted by atomic mass is 10.1. The number of methoxy groups -OCH3 is 1. The first-order chi connectivity index (χ1) is 16.1. The minimum Gasteiger partial charge on any atom is -0.496 e. The second-order valence-electron chi connectivity index (χ2n) is 7.15. The molecule has 0 radical (unpaired) electrons. The summed E-state index contributed by atoms with van der Waals surface area (Å²) in [6, 6.07) is 15.8. The van der Waals surface area contributed by atoms with Crippen molar-refractivity contribution in [3.63, 3.8) is 0 Å². The van der Waals surface area contributed by atoms with Crippen LogP contribution in [0.3, 0.4) is 0 Å². The quantitative estimate of drug-likeness (QED) is 0.260. The van der Waals surface area contributed by atoms with Gasteiger partial charge in [0.25, 0.3) is 0 Å². The molecule has 0 spiro atoms. The summed E-state index contributed by atoms with van der Waals surface area (Å²) in [5.74, 6) is 1.40. The van der Waals surface area contributed by atoms with E-state index < -0.39 is 0 Å². The topological polar surface area (TPSA) is 81.9 Å². The summed E-state index contributed by atoms with van der Waals surface area (Å²) in [5, 5.41) is 14.6. The lowest BCUT2D eigenvalue weighted by Gasteiger charge is -2.10. The Hall–Kier alpha value is -3.43. The van der Waals surface area contributed by atoms with Crippen LogP contribution in [-0.2, 0) is 11.3 Å². The Balaban J connectivity index is 1.44. The fraction of sp³-hybridized carbons (Fsp3) is 0.167. The Labute approximate surface area is 200 Å². The highest BCUT2D eigenvalue weighted by Crippen LogP contribution is 2.31. The maximum Gasteiger partial charge on any atom is 0.236 e. The van der Waals surface area contributed by atoms with E-state index in [0.29, 0.717) is 28.4 Å². The molecule has 0 saturated carbocycles. The molecule has 2 aromatic carbocycles. The molecule has 0 fully saturated rings. The number of nitrogens with zero attached hydrogens (tertiary/aromatic N) is 4. The maximum absolute atomic E-state index is 12.6. The summed E-state index contributed by atoms with van der Waals surface area (Å²) >= 11 is 2.72. The molecule has 1 amide bonds. The van der Waals surface area contributed by atoms with Gasteiger partial charge in [-0.05, 0) is 19.1 Å². The van der Waals surface area contributed by atoms with Crippen LogP contribution in [0, 0.1) is 6.92 Å². The summed E-state index contributed by atoms with van der Waals surface area (Å²) < 4.78 is 7.38. The molecular weight excluding hydrogens is 454 g/mol. The first-order valence-corrected chi connectivity index (χ1v) is 12.1. The van der Waals surface area contributed by atoms with Crippen LogP contribution in [0.2, 0.25) is 0 Å². The summed E-state index contributed by atoms with van der Waals surface area (Å²) in [6.07, 6.45) is 1.77. The van der Waals surface area contributed by atoms with Crippen molar-refractivity contribution in [2.45, 2.75) is 18.6 Å². The van der Waals surface area contributed by atoms with Crippen molar-refractivity contribution in [2.24, 2.45) is 0 Å². The predicted molar refractivity (Wildman–Crippen MR) is 134 cm³/mol. The molecule has 2 aromatic heterocycles. The van der Waals surface area contributed by atoms with Gasteiger partial charge in [0.2, 0.25) is 5.91 Å². The molecule has 168 valence electrons. The van der Waals surface area contributed by atoms with E-state index in [-0.39, 0.29) is 11.7 Å². The number of ether oxygens (including phenoxy) is 1. The molecule has 2 heterocycles. The van der Waals surface area contributed by atoms with E-state index in [4.69, 9.17) is 4.74 Å². The maximum atomic E-state index is 12.6. The molecular formula is C24H23N5O2S2. The third kappa shape index (κ3) is 5.32. The highest BCUT2D eigenvalue weighted by Gasteiger charge is 2.18. The molecule has 0 atom stereocenters. The van der Waals surface area contributed by atoms with Crippen molar-refractivity contribution >= 4 is 34.1 Å². The fourth-order valence-corrected chi connectivity index (χ4v) is 4.67. The molecule has 0 aliphatic carbocycles. The van der Waals surface area contributed by atoms with Crippen molar-refractivity contribution in [1.29, 1.82) is 0 Å². The molecule has 0 unspecified atom stereocenters. The number of nitrogens with one attached hydrogen (secondary N) is 1. The number of thioether (sulfide) groups is 1. The number of hydrogen-bond donors (Lipinski definition) is 1. The standard InChI is InChI=1S/C24H23N5O2S2/c1-4-13-29-22(18-7-5-6-8-20(18)31-3)27-28-24(29)33-15-21(30)26-23-25-19(14-32-23)17-11-9-16(2)10-12-17/h4-12,14H,1,13,15H2,2-3H3,(H,25,26,30). The number of amides is 1. The molecule has 0 aliphatic rings. The van der Waals surface area contributed by atoms with Crippen LogP contribution in [0.15, 0.2) is 71.7 Å². The Morgan fingerprint density at radius 2 is 2.00 bits per heavy atom. The largest absolute Gasteiger partial charge is 0.496 e. The number of benzene rings is 2. The lowest BCUT2D eigenvalue weighted by Crippen LogP contribution is -2.14. The van der Waals surface area contributed by atoms with Gasteiger partial charge >= 0.3 is 0 Å². The molecule has 0 aliphatic heterocycles. The molecule has 33 heavy (non-hydrogen) atoms. The van der Waals surface area contributed by atoms with E-state index in [1.807, 2.05) is 65.4 Å². The average Bonchev–Trinajstić information content (AvgIpc) is 3.45. The van der Waals surface area contributed by atoms with E-state index >= 15 is 0 Å². The zero-order valence-electron chi connectivity index (χ0n) is 18.3. The number of aryl methyl sites for hydroxylation is 1. The number of carbonyl (C=O) groups is 1. The number of thiazole rings is 1. The van der Waals surface area contributed by atoms with Gasteiger partial charge in [-0.25, -0.2) is 4.98 Å². The number of hydrogen-bond acceptors (Lipinski definition) is 7. The molecule has 0 bridgehead atoms. The van der Waals surface area contributed by atoms with Crippen LogP contribution < -0.4 is 10.1 Å². The lowest BCUT2D eigenvalue weighted by molar-refractivity contribution is -0.113. The highest BCUT2D eigenvalue weighted by molar-refractivity contribution is 7.99. The number of aromatic nitrogens is 4. The summed E-state index contributed by atoms with van der Waals surface area (Å²) in [6.45, 7) is 6.39. The average molecular weight is 478 g/mol. The zero-order chi connectivity index (χ0) is 23.2. The van der Waals surface area contributed by atoms with Gasteiger partial charge in [-0.1, -0.05) is 59.8 Å². The van der Waals surface area contributed by atoms with E-state index in [9.17, 15) is 4.79 Å². The van der Waals surface area contributed by atoms with Crippen molar-refractivity contribution < 1.29 is 9.53 Å². The Bertz CT molecular complexity index is 1260. The van der Waals surface area contributed by atoms with Gasteiger partial charge in [0.15, 0.2) is 16.1 Å². The number of anilines is 1. The minimum atomic E-state index is -0.156. The first kappa shape index (κ1) is 22.8. The van der Waals surface area contributed by atoms with Gasteiger partial charge in [-0.3, -0.25) is 9.36 Å². The number of carbonyl (C=O) groups excluding carboxylic acids is 1. The SMILES string of the molecule is C=CCn1c(SCC(=O)Nc2nc(-c3ccc(C)cc3)cs2)nnc1-c1ccccc1OC. The van der Waals surface area contributed by atoms with Crippen molar-refractivity contribution in [3.05, 3.63) is 72.1 Å². The Morgan fingerprint density at radius 3 is 2.76 bits per heavy atom. The molecule has 9 heteroatoms. The molecule has 7 nitrogen and oxygen atoms in total. The summed E-state index contributed by atoms with van der Waals surface area (Å²) in [7, 11) is 1.62. The van der Waals surface area contributed by atoms with Crippen molar-refractivity contribution in [2.75, 3.05) is 18.2 Å². The van der Waals surface area contributed by atoms with E-state index in [0.717, 1.165) is 16.8 Å². The zero-order valence-corrected chi connectivity index (χ0v) is 19.9. The van der Waals surface area contributed by atoms with Crippen LogP contribution >= 0.6 is 23.1 Å². The van der Waals surface area contributed by atoms with Gasteiger partial charge in [0, 0.05) is 17.5 Å². The van der Waals surface area contributed by atoms with Crippen LogP contribution in [0.25, 0.3) is 22.6 Å². The van der Waals surface area contributed by atoms with E-state index in [1.165, 1.54) is 28.7 Å². The highest BCUT2D eigenvalue weighted by atomic mass is 32.2. The van der Waals surface area contributed by atoms with Gasteiger partial charge in [-0.15, -0.1) is 28.1 Å².